The lowest BCUT2D eigenvalue weighted by Gasteiger charge is -2.48. The minimum Gasteiger partial charge on any atom is -0.497 e. The van der Waals surface area contributed by atoms with Crippen LogP contribution in [0.25, 0.3) is 0 Å². The summed E-state index contributed by atoms with van der Waals surface area (Å²) in [4.78, 5) is 28.3. The van der Waals surface area contributed by atoms with Crippen molar-refractivity contribution >= 4 is 58.6 Å². The summed E-state index contributed by atoms with van der Waals surface area (Å²) >= 11 is 15.2. The zero-order valence-corrected chi connectivity index (χ0v) is 19.5. The van der Waals surface area contributed by atoms with Crippen molar-refractivity contribution < 1.29 is 19.1 Å². The Balaban J connectivity index is 1.60. The van der Waals surface area contributed by atoms with Gasteiger partial charge in [-0.25, -0.2) is 4.79 Å². The number of benzene rings is 2. The van der Waals surface area contributed by atoms with E-state index in [9.17, 15) is 9.59 Å². The van der Waals surface area contributed by atoms with Gasteiger partial charge in [-0.15, -0.1) is 11.8 Å². The summed E-state index contributed by atoms with van der Waals surface area (Å²) in [5.74, 6) is 0.330. The third-order valence-electron chi connectivity index (χ3n) is 4.82. The van der Waals surface area contributed by atoms with E-state index < -0.39 is 12.0 Å². The van der Waals surface area contributed by atoms with Crippen molar-refractivity contribution in [2.45, 2.75) is 22.9 Å². The van der Waals surface area contributed by atoms with Crippen molar-refractivity contribution in [1.29, 1.82) is 0 Å². The van der Waals surface area contributed by atoms with Gasteiger partial charge in [0.1, 0.15) is 29.5 Å². The number of hydrogen-bond acceptors (Lipinski definition) is 7. The number of carbonyl (C=O) groups excluding carboxylic acids is 2. The number of β-lactam (4-membered cyclic amide) rings is 1. The highest BCUT2D eigenvalue weighted by Gasteiger charge is 2.52. The molecule has 0 radical (unpaired) electrons. The van der Waals surface area contributed by atoms with E-state index in [2.05, 4.69) is 0 Å². The molecule has 0 unspecified atom stereocenters. The molecule has 2 atom stereocenters. The summed E-state index contributed by atoms with van der Waals surface area (Å²) in [6.45, 7) is 0.0636. The van der Waals surface area contributed by atoms with Crippen LogP contribution in [-0.2, 0) is 20.9 Å². The topological polar surface area (TPSA) is 81.9 Å². The molecule has 1 amide bonds. The van der Waals surface area contributed by atoms with Crippen LogP contribution in [0.3, 0.4) is 0 Å². The van der Waals surface area contributed by atoms with E-state index in [1.165, 1.54) is 28.4 Å². The van der Waals surface area contributed by atoms with E-state index in [1.807, 2.05) is 12.1 Å². The van der Waals surface area contributed by atoms with Crippen molar-refractivity contribution in [3.05, 3.63) is 68.7 Å². The fourth-order valence-corrected chi connectivity index (χ4v) is 6.13. The lowest BCUT2D eigenvalue weighted by molar-refractivity contribution is -0.151. The van der Waals surface area contributed by atoms with Crippen LogP contribution in [0.4, 0.5) is 0 Å². The molecule has 0 aromatic heterocycles. The maximum atomic E-state index is 13.1. The molecule has 4 rings (SSSR count). The zero-order valence-electron chi connectivity index (χ0n) is 16.3. The minimum absolute atomic E-state index is 0.0636. The molecule has 2 aromatic carbocycles. The number of ether oxygens (including phenoxy) is 2. The maximum absolute atomic E-state index is 13.1. The number of nitrogens with two attached hydrogens (primary N) is 1. The van der Waals surface area contributed by atoms with Crippen molar-refractivity contribution in [3.8, 4) is 5.75 Å². The van der Waals surface area contributed by atoms with Crippen LogP contribution in [0, 0.1) is 0 Å². The number of esters is 1. The lowest BCUT2D eigenvalue weighted by atomic mass is 10.1. The zero-order chi connectivity index (χ0) is 22.1. The summed E-state index contributed by atoms with van der Waals surface area (Å²) in [6.07, 6.45) is 0. The highest BCUT2D eigenvalue weighted by molar-refractivity contribution is 8.06. The van der Waals surface area contributed by atoms with Gasteiger partial charge in [0.2, 0.25) is 5.91 Å². The van der Waals surface area contributed by atoms with E-state index in [-0.39, 0.29) is 23.6 Å². The SMILES string of the molecule is COc1ccc(COC(=O)C2=C(Sc3cc(Cl)ccc3Cl)CS[C@H]3[C@H](N)C(=O)N23)cc1. The number of thioether (sulfide) groups is 2. The highest BCUT2D eigenvalue weighted by atomic mass is 35.5. The number of carbonyl (C=O) groups is 2. The Morgan fingerprint density at radius 2 is 2.00 bits per heavy atom. The molecule has 0 saturated carbocycles. The van der Waals surface area contributed by atoms with E-state index >= 15 is 0 Å². The molecular weight excluding hydrogens is 479 g/mol. The number of hydrogen-bond donors (Lipinski definition) is 1. The van der Waals surface area contributed by atoms with Crippen LogP contribution in [0.1, 0.15) is 5.56 Å². The molecule has 1 fully saturated rings. The first-order valence-electron chi connectivity index (χ1n) is 9.25. The maximum Gasteiger partial charge on any atom is 0.356 e. The van der Waals surface area contributed by atoms with Gasteiger partial charge in [0, 0.05) is 20.6 Å². The Labute approximate surface area is 198 Å². The van der Waals surface area contributed by atoms with E-state index in [0.29, 0.717) is 31.3 Å². The standard InChI is InChI=1S/C21H18Cl2N2O4S2/c1-28-13-5-2-11(3-6-13)9-29-21(27)18-16(10-30-20-17(24)19(26)25(18)20)31-15-8-12(22)4-7-14(15)23/h2-8,17,20H,9-10,24H2,1H3/t17-,20+/m1/s1. The Morgan fingerprint density at radius 3 is 2.71 bits per heavy atom. The largest absolute Gasteiger partial charge is 0.497 e. The smallest absolute Gasteiger partial charge is 0.356 e. The third-order valence-corrected chi connectivity index (χ3v) is 8.13. The molecule has 0 spiro atoms. The number of rotatable bonds is 6. The van der Waals surface area contributed by atoms with Gasteiger partial charge < -0.3 is 15.2 Å². The fourth-order valence-electron chi connectivity index (χ4n) is 3.18. The van der Waals surface area contributed by atoms with E-state index in [1.54, 1.807) is 37.4 Å². The van der Waals surface area contributed by atoms with Crippen LogP contribution >= 0.6 is 46.7 Å². The minimum atomic E-state index is -0.629. The first kappa shape index (κ1) is 22.4. The molecule has 6 nitrogen and oxygen atoms in total. The first-order chi connectivity index (χ1) is 14.9. The van der Waals surface area contributed by atoms with Crippen LogP contribution in [0.2, 0.25) is 10.0 Å². The summed E-state index contributed by atoms with van der Waals surface area (Å²) in [5, 5.41) is 0.751. The highest BCUT2D eigenvalue weighted by Crippen LogP contribution is 2.46. The van der Waals surface area contributed by atoms with E-state index in [0.717, 1.165) is 5.56 Å². The summed E-state index contributed by atoms with van der Waals surface area (Å²) in [6, 6.07) is 11.7. The van der Waals surface area contributed by atoms with Crippen molar-refractivity contribution in [2.75, 3.05) is 12.9 Å². The second kappa shape index (κ2) is 9.34. The molecule has 31 heavy (non-hydrogen) atoms. The molecule has 2 N–H and O–H groups in total. The van der Waals surface area contributed by atoms with Gasteiger partial charge in [-0.05, 0) is 35.9 Å². The molecule has 10 heteroatoms. The van der Waals surface area contributed by atoms with Crippen LogP contribution in [-0.4, -0.2) is 41.1 Å². The van der Waals surface area contributed by atoms with Crippen LogP contribution in [0.5, 0.6) is 5.75 Å². The molecule has 162 valence electrons. The van der Waals surface area contributed by atoms with Crippen LogP contribution < -0.4 is 10.5 Å². The number of amides is 1. The van der Waals surface area contributed by atoms with Gasteiger partial charge in [0.05, 0.1) is 12.1 Å². The van der Waals surface area contributed by atoms with Gasteiger partial charge in [-0.3, -0.25) is 9.69 Å². The second-order valence-corrected chi connectivity index (χ2v) is 9.89. The Hall–Kier alpha value is -1.84. The summed E-state index contributed by atoms with van der Waals surface area (Å²) in [7, 11) is 1.58. The molecule has 2 heterocycles. The summed E-state index contributed by atoms with van der Waals surface area (Å²) in [5.41, 5.74) is 6.94. The summed E-state index contributed by atoms with van der Waals surface area (Å²) < 4.78 is 10.7. The van der Waals surface area contributed by atoms with Gasteiger partial charge in [0.25, 0.3) is 0 Å². The number of nitrogens with zero attached hydrogens (tertiary/aromatic N) is 1. The molecule has 2 aliphatic heterocycles. The third kappa shape index (κ3) is 4.54. The Bertz CT molecular complexity index is 1060. The predicted molar refractivity (Wildman–Crippen MR) is 123 cm³/mol. The van der Waals surface area contributed by atoms with Crippen molar-refractivity contribution in [2.24, 2.45) is 5.73 Å². The lowest BCUT2D eigenvalue weighted by Crippen LogP contribution is -2.68. The van der Waals surface area contributed by atoms with Crippen molar-refractivity contribution in [1.82, 2.24) is 4.90 Å². The molecule has 1 saturated heterocycles. The molecule has 2 aromatic rings. The van der Waals surface area contributed by atoms with Crippen LogP contribution in [0.15, 0.2) is 58.0 Å². The second-order valence-electron chi connectivity index (χ2n) is 6.81. The monoisotopic (exact) mass is 496 g/mol. The quantitative estimate of drug-likeness (QED) is 0.471. The van der Waals surface area contributed by atoms with Gasteiger partial charge in [-0.2, -0.15) is 0 Å². The normalized spacial score (nSPS) is 20.3. The first-order valence-corrected chi connectivity index (χ1v) is 11.9. The predicted octanol–water partition coefficient (Wildman–Crippen LogP) is 4.29. The van der Waals surface area contributed by atoms with Gasteiger partial charge in [-0.1, -0.05) is 47.1 Å². The van der Waals surface area contributed by atoms with E-state index in [4.69, 9.17) is 38.4 Å². The molecule has 0 bridgehead atoms. The molecule has 0 aliphatic carbocycles. The van der Waals surface area contributed by atoms with Gasteiger partial charge >= 0.3 is 5.97 Å². The fraction of sp³-hybridized carbons (Fsp3) is 0.238. The van der Waals surface area contributed by atoms with Gasteiger partial charge in [0.15, 0.2) is 0 Å². The number of halogens is 2. The number of fused-ring (bicyclic) bond motifs is 1. The average Bonchev–Trinajstić information content (AvgIpc) is 2.79. The number of methoxy groups -OCH3 is 1. The average molecular weight is 497 g/mol. The molecular formula is C21H18Cl2N2O4S2. The van der Waals surface area contributed by atoms with Crippen molar-refractivity contribution in [3.63, 3.8) is 0 Å². The Morgan fingerprint density at radius 1 is 1.26 bits per heavy atom. The Kier molecular flexibility index (Phi) is 6.74. The molecule has 2 aliphatic rings.